The van der Waals surface area contributed by atoms with Crippen LogP contribution in [-0.4, -0.2) is 29.6 Å². The molecule has 1 aromatic carbocycles. The molecule has 0 aromatic heterocycles. The molecule has 1 saturated heterocycles. The van der Waals surface area contributed by atoms with E-state index in [0.29, 0.717) is 0 Å². The SMILES string of the molecule is OCc1ccc(CCN2CCCC2)c(Cl)c1. The topological polar surface area (TPSA) is 23.5 Å². The first-order chi connectivity index (χ1) is 7.79. The molecule has 1 heterocycles. The monoisotopic (exact) mass is 239 g/mol. The average molecular weight is 240 g/mol. The van der Waals surface area contributed by atoms with E-state index in [0.717, 1.165) is 23.6 Å². The second-order valence-corrected chi connectivity index (χ2v) is 4.79. The van der Waals surface area contributed by atoms with E-state index in [1.165, 1.54) is 31.5 Å². The molecule has 1 aliphatic rings. The third kappa shape index (κ3) is 2.97. The summed E-state index contributed by atoms with van der Waals surface area (Å²) >= 11 is 6.16. The van der Waals surface area contributed by atoms with Crippen molar-refractivity contribution in [1.29, 1.82) is 0 Å². The quantitative estimate of drug-likeness (QED) is 0.873. The molecule has 88 valence electrons. The van der Waals surface area contributed by atoms with Gasteiger partial charge in [-0.05, 0) is 49.5 Å². The summed E-state index contributed by atoms with van der Waals surface area (Å²) < 4.78 is 0. The van der Waals surface area contributed by atoms with Crippen molar-refractivity contribution in [2.75, 3.05) is 19.6 Å². The first kappa shape index (κ1) is 11.9. The molecule has 2 rings (SSSR count). The van der Waals surface area contributed by atoms with Gasteiger partial charge in [-0.3, -0.25) is 0 Å². The van der Waals surface area contributed by atoms with Crippen LogP contribution in [0.2, 0.25) is 5.02 Å². The average Bonchev–Trinajstić information content (AvgIpc) is 2.80. The number of aliphatic hydroxyl groups excluding tert-OH is 1. The summed E-state index contributed by atoms with van der Waals surface area (Å²) in [7, 11) is 0. The predicted molar refractivity (Wildman–Crippen MR) is 66.8 cm³/mol. The predicted octanol–water partition coefficient (Wildman–Crippen LogP) is 2.47. The second kappa shape index (κ2) is 5.67. The minimum atomic E-state index is 0.0616. The summed E-state index contributed by atoms with van der Waals surface area (Å²) in [6.07, 6.45) is 3.67. The van der Waals surface area contributed by atoms with Crippen molar-refractivity contribution >= 4 is 11.6 Å². The van der Waals surface area contributed by atoms with Gasteiger partial charge in [-0.1, -0.05) is 23.7 Å². The Bertz CT molecular complexity index is 348. The zero-order chi connectivity index (χ0) is 11.4. The molecule has 0 spiro atoms. The normalized spacial score (nSPS) is 16.9. The highest BCUT2D eigenvalue weighted by Crippen LogP contribution is 2.19. The van der Waals surface area contributed by atoms with Crippen LogP contribution in [-0.2, 0) is 13.0 Å². The van der Waals surface area contributed by atoms with Gasteiger partial charge in [0.25, 0.3) is 0 Å². The lowest BCUT2D eigenvalue weighted by Crippen LogP contribution is -2.22. The number of halogens is 1. The van der Waals surface area contributed by atoms with Crippen LogP contribution in [0.5, 0.6) is 0 Å². The fraction of sp³-hybridized carbons (Fsp3) is 0.538. The largest absolute Gasteiger partial charge is 0.392 e. The van der Waals surface area contributed by atoms with Crippen molar-refractivity contribution in [3.05, 3.63) is 34.3 Å². The highest BCUT2D eigenvalue weighted by Gasteiger charge is 2.11. The van der Waals surface area contributed by atoms with Crippen LogP contribution >= 0.6 is 11.6 Å². The van der Waals surface area contributed by atoms with Crippen molar-refractivity contribution in [1.82, 2.24) is 4.90 Å². The summed E-state index contributed by atoms with van der Waals surface area (Å²) in [5, 5.41) is 9.77. The number of nitrogens with zero attached hydrogens (tertiary/aromatic N) is 1. The van der Waals surface area contributed by atoms with Crippen molar-refractivity contribution < 1.29 is 5.11 Å². The third-order valence-electron chi connectivity index (χ3n) is 3.20. The number of aliphatic hydroxyl groups is 1. The summed E-state index contributed by atoms with van der Waals surface area (Å²) in [4.78, 5) is 2.48. The van der Waals surface area contributed by atoms with E-state index in [9.17, 15) is 0 Å². The molecule has 3 heteroatoms. The first-order valence-corrected chi connectivity index (χ1v) is 6.28. The summed E-state index contributed by atoms with van der Waals surface area (Å²) in [6, 6.07) is 5.84. The lowest BCUT2D eigenvalue weighted by atomic mass is 10.1. The van der Waals surface area contributed by atoms with E-state index in [1.54, 1.807) is 0 Å². The van der Waals surface area contributed by atoms with Crippen LogP contribution in [0.25, 0.3) is 0 Å². The molecule has 0 amide bonds. The van der Waals surface area contributed by atoms with Crippen LogP contribution in [0.1, 0.15) is 24.0 Å². The minimum absolute atomic E-state index is 0.0616. The van der Waals surface area contributed by atoms with Gasteiger partial charge in [-0.25, -0.2) is 0 Å². The number of hydrogen-bond donors (Lipinski definition) is 1. The van der Waals surface area contributed by atoms with Crippen LogP contribution in [0.4, 0.5) is 0 Å². The molecule has 0 aliphatic carbocycles. The fourth-order valence-corrected chi connectivity index (χ4v) is 2.47. The second-order valence-electron chi connectivity index (χ2n) is 4.38. The van der Waals surface area contributed by atoms with Crippen LogP contribution in [0.3, 0.4) is 0 Å². The van der Waals surface area contributed by atoms with Crippen LogP contribution < -0.4 is 0 Å². The number of benzene rings is 1. The summed E-state index contributed by atoms with van der Waals surface area (Å²) in [5.74, 6) is 0. The Balaban J connectivity index is 1.93. The van der Waals surface area contributed by atoms with E-state index in [2.05, 4.69) is 4.90 Å². The summed E-state index contributed by atoms with van der Waals surface area (Å²) in [6.45, 7) is 3.61. The highest BCUT2D eigenvalue weighted by atomic mass is 35.5. The fourth-order valence-electron chi connectivity index (χ4n) is 2.18. The molecule has 0 radical (unpaired) electrons. The Kier molecular flexibility index (Phi) is 4.22. The summed E-state index contributed by atoms with van der Waals surface area (Å²) in [5.41, 5.74) is 2.07. The van der Waals surface area contributed by atoms with Gasteiger partial charge in [0.1, 0.15) is 0 Å². The molecule has 0 bridgehead atoms. The maximum Gasteiger partial charge on any atom is 0.0682 e. The first-order valence-electron chi connectivity index (χ1n) is 5.90. The van der Waals surface area contributed by atoms with Gasteiger partial charge < -0.3 is 10.0 Å². The molecule has 1 aliphatic heterocycles. The van der Waals surface area contributed by atoms with E-state index >= 15 is 0 Å². The Labute approximate surface area is 102 Å². The van der Waals surface area contributed by atoms with Gasteiger partial charge in [0.05, 0.1) is 6.61 Å². The van der Waals surface area contributed by atoms with Gasteiger partial charge >= 0.3 is 0 Å². The highest BCUT2D eigenvalue weighted by molar-refractivity contribution is 6.31. The zero-order valence-electron chi connectivity index (χ0n) is 9.45. The van der Waals surface area contributed by atoms with Crippen LogP contribution in [0, 0.1) is 0 Å². The maximum absolute atomic E-state index is 8.99. The molecule has 1 aromatic rings. The Morgan fingerprint density at radius 2 is 2.00 bits per heavy atom. The van der Waals surface area contributed by atoms with Gasteiger partial charge in [-0.2, -0.15) is 0 Å². The van der Waals surface area contributed by atoms with Gasteiger partial charge in [-0.15, -0.1) is 0 Å². The van der Waals surface area contributed by atoms with Gasteiger partial charge in [0.15, 0.2) is 0 Å². The molecule has 1 N–H and O–H groups in total. The molecule has 0 saturated carbocycles. The minimum Gasteiger partial charge on any atom is -0.392 e. The number of likely N-dealkylation sites (tertiary alicyclic amines) is 1. The molecule has 0 unspecified atom stereocenters. The Hall–Kier alpha value is -0.570. The van der Waals surface area contributed by atoms with E-state index in [4.69, 9.17) is 16.7 Å². The lowest BCUT2D eigenvalue weighted by Gasteiger charge is -2.15. The number of hydrogen-bond acceptors (Lipinski definition) is 2. The lowest BCUT2D eigenvalue weighted by molar-refractivity contribution is 0.282. The zero-order valence-corrected chi connectivity index (χ0v) is 10.2. The number of rotatable bonds is 4. The van der Waals surface area contributed by atoms with Crippen molar-refractivity contribution in [3.8, 4) is 0 Å². The molecule has 0 atom stereocenters. The Morgan fingerprint density at radius 1 is 1.25 bits per heavy atom. The molecule has 2 nitrogen and oxygen atoms in total. The smallest absolute Gasteiger partial charge is 0.0682 e. The van der Waals surface area contributed by atoms with E-state index in [-0.39, 0.29) is 6.61 Å². The van der Waals surface area contributed by atoms with E-state index in [1.807, 2.05) is 18.2 Å². The van der Waals surface area contributed by atoms with Gasteiger partial charge in [0.2, 0.25) is 0 Å². The van der Waals surface area contributed by atoms with Crippen molar-refractivity contribution in [2.24, 2.45) is 0 Å². The molecular formula is C13H18ClNO. The Morgan fingerprint density at radius 3 is 2.62 bits per heavy atom. The van der Waals surface area contributed by atoms with Crippen molar-refractivity contribution in [3.63, 3.8) is 0 Å². The van der Waals surface area contributed by atoms with E-state index < -0.39 is 0 Å². The third-order valence-corrected chi connectivity index (χ3v) is 3.55. The standard InChI is InChI=1S/C13H18ClNO/c14-13-9-11(10-16)3-4-12(13)5-8-15-6-1-2-7-15/h3-4,9,16H,1-2,5-8,10H2. The molecule has 1 fully saturated rings. The van der Waals surface area contributed by atoms with Crippen molar-refractivity contribution in [2.45, 2.75) is 25.9 Å². The molecule has 16 heavy (non-hydrogen) atoms. The molecular weight excluding hydrogens is 222 g/mol. The van der Waals surface area contributed by atoms with Gasteiger partial charge in [0, 0.05) is 11.6 Å². The van der Waals surface area contributed by atoms with Crippen LogP contribution in [0.15, 0.2) is 18.2 Å². The maximum atomic E-state index is 8.99.